The van der Waals surface area contributed by atoms with E-state index in [1.807, 2.05) is 0 Å². The lowest BCUT2D eigenvalue weighted by Gasteiger charge is -2.36. The van der Waals surface area contributed by atoms with Crippen LogP contribution in [0.2, 0.25) is 0 Å². The molecule has 1 rings (SSSR count). The van der Waals surface area contributed by atoms with Gasteiger partial charge in [-0.15, -0.1) is 0 Å². The monoisotopic (exact) mass is 227 g/mol. The summed E-state index contributed by atoms with van der Waals surface area (Å²) in [6.07, 6.45) is 7.86. The van der Waals surface area contributed by atoms with Gasteiger partial charge in [-0.1, -0.05) is 25.7 Å². The van der Waals surface area contributed by atoms with Gasteiger partial charge in [0.25, 0.3) is 0 Å². The number of ether oxygens (including phenoxy) is 1. The van der Waals surface area contributed by atoms with Gasteiger partial charge >= 0.3 is 0 Å². The Morgan fingerprint density at radius 3 is 2.06 bits per heavy atom. The summed E-state index contributed by atoms with van der Waals surface area (Å²) in [4.78, 5) is 0. The molecule has 0 heterocycles. The van der Waals surface area contributed by atoms with Gasteiger partial charge in [0.1, 0.15) is 0 Å². The average Bonchev–Trinajstić information content (AvgIpc) is 2.41. The van der Waals surface area contributed by atoms with Crippen molar-refractivity contribution in [2.24, 2.45) is 0 Å². The van der Waals surface area contributed by atoms with Crippen molar-refractivity contribution in [2.75, 3.05) is 13.2 Å². The maximum absolute atomic E-state index is 6.08. The minimum absolute atomic E-state index is 0.110. The van der Waals surface area contributed by atoms with Crippen molar-refractivity contribution in [1.82, 2.24) is 5.32 Å². The molecule has 0 bridgehead atoms. The maximum Gasteiger partial charge on any atom is 0.0806 e. The Balaban J connectivity index is 2.55. The Morgan fingerprint density at radius 2 is 1.62 bits per heavy atom. The third kappa shape index (κ3) is 4.84. The minimum Gasteiger partial charge on any atom is -0.374 e. The van der Waals surface area contributed by atoms with Crippen LogP contribution < -0.4 is 5.32 Å². The second kappa shape index (κ2) is 6.02. The lowest BCUT2D eigenvalue weighted by Crippen LogP contribution is -2.49. The number of nitrogens with one attached hydrogen (secondary N) is 1. The first-order valence-electron chi connectivity index (χ1n) is 6.86. The molecule has 1 aliphatic rings. The predicted octanol–water partition coefficient (Wildman–Crippen LogP) is 3.50. The lowest BCUT2D eigenvalue weighted by atomic mass is 9.92. The summed E-state index contributed by atoms with van der Waals surface area (Å²) >= 11 is 0. The lowest BCUT2D eigenvalue weighted by molar-refractivity contribution is -0.0520. The molecule has 0 unspecified atom stereocenters. The van der Waals surface area contributed by atoms with Gasteiger partial charge in [0.15, 0.2) is 0 Å². The standard InChI is InChI=1S/C14H29NO/c1-5-16-14(12-15-13(2,3)4)10-8-6-7-9-11-14/h15H,5-12H2,1-4H3. The molecule has 0 spiro atoms. The van der Waals surface area contributed by atoms with Gasteiger partial charge in [-0.25, -0.2) is 0 Å². The summed E-state index contributed by atoms with van der Waals surface area (Å²) in [5.41, 5.74) is 0.301. The van der Waals surface area contributed by atoms with Crippen LogP contribution in [-0.4, -0.2) is 24.3 Å². The van der Waals surface area contributed by atoms with Gasteiger partial charge in [0.05, 0.1) is 5.60 Å². The zero-order valence-electron chi connectivity index (χ0n) is 11.6. The van der Waals surface area contributed by atoms with Crippen LogP contribution in [0.25, 0.3) is 0 Å². The highest BCUT2D eigenvalue weighted by atomic mass is 16.5. The Morgan fingerprint density at radius 1 is 1.06 bits per heavy atom. The quantitative estimate of drug-likeness (QED) is 0.742. The Kier molecular flexibility index (Phi) is 5.26. The Bertz CT molecular complexity index is 187. The fourth-order valence-electron chi connectivity index (χ4n) is 2.48. The van der Waals surface area contributed by atoms with Crippen molar-refractivity contribution in [3.63, 3.8) is 0 Å². The largest absolute Gasteiger partial charge is 0.374 e. The SMILES string of the molecule is CCOC1(CNC(C)(C)C)CCCCCC1. The molecule has 1 aliphatic carbocycles. The Labute approximate surface area is 101 Å². The summed E-state index contributed by atoms with van der Waals surface area (Å²) in [5, 5.41) is 3.62. The van der Waals surface area contributed by atoms with Gasteiger partial charge in [-0.2, -0.15) is 0 Å². The van der Waals surface area contributed by atoms with Crippen LogP contribution in [0.4, 0.5) is 0 Å². The van der Waals surface area contributed by atoms with Crippen LogP contribution in [0, 0.1) is 0 Å². The molecule has 0 atom stereocenters. The van der Waals surface area contributed by atoms with Crippen molar-refractivity contribution in [2.45, 2.75) is 77.4 Å². The molecule has 2 heteroatoms. The molecule has 0 aromatic rings. The summed E-state index contributed by atoms with van der Waals surface area (Å²) in [6.45, 7) is 10.6. The second-order valence-electron chi connectivity index (χ2n) is 6.13. The van der Waals surface area contributed by atoms with E-state index in [4.69, 9.17) is 4.74 Å². The van der Waals surface area contributed by atoms with E-state index in [0.717, 1.165) is 13.2 Å². The normalized spacial score (nSPS) is 21.8. The van der Waals surface area contributed by atoms with E-state index in [9.17, 15) is 0 Å². The first-order valence-corrected chi connectivity index (χ1v) is 6.86. The van der Waals surface area contributed by atoms with Crippen LogP contribution in [0.1, 0.15) is 66.2 Å². The summed E-state index contributed by atoms with van der Waals surface area (Å²) in [7, 11) is 0. The van der Waals surface area contributed by atoms with Crippen LogP contribution in [-0.2, 0) is 4.74 Å². The third-order valence-corrected chi connectivity index (χ3v) is 3.41. The molecule has 0 amide bonds. The number of hydrogen-bond acceptors (Lipinski definition) is 2. The van der Waals surface area contributed by atoms with Gasteiger partial charge in [0.2, 0.25) is 0 Å². The van der Waals surface area contributed by atoms with Crippen LogP contribution in [0.5, 0.6) is 0 Å². The molecule has 2 nitrogen and oxygen atoms in total. The highest BCUT2D eigenvalue weighted by Gasteiger charge is 2.32. The van der Waals surface area contributed by atoms with E-state index in [-0.39, 0.29) is 11.1 Å². The van der Waals surface area contributed by atoms with Gasteiger partial charge in [0, 0.05) is 18.7 Å². The average molecular weight is 227 g/mol. The molecular weight excluding hydrogens is 198 g/mol. The van der Waals surface area contributed by atoms with Crippen LogP contribution >= 0.6 is 0 Å². The molecule has 0 aromatic carbocycles. The van der Waals surface area contributed by atoms with Gasteiger partial charge in [-0.05, 0) is 40.5 Å². The van der Waals surface area contributed by atoms with E-state index in [1.165, 1.54) is 38.5 Å². The molecular formula is C14H29NO. The van der Waals surface area contributed by atoms with Gasteiger partial charge in [-0.3, -0.25) is 0 Å². The van der Waals surface area contributed by atoms with E-state index in [0.29, 0.717) is 0 Å². The van der Waals surface area contributed by atoms with E-state index < -0.39 is 0 Å². The summed E-state index contributed by atoms with van der Waals surface area (Å²) in [6, 6.07) is 0. The van der Waals surface area contributed by atoms with Crippen molar-refractivity contribution < 1.29 is 4.74 Å². The first-order chi connectivity index (χ1) is 7.47. The molecule has 1 N–H and O–H groups in total. The van der Waals surface area contributed by atoms with Gasteiger partial charge < -0.3 is 10.1 Å². The molecule has 16 heavy (non-hydrogen) atoms. The highest BCUT2D eigenvalue weighted by molar-refractivity contribution is 4.88. The Hall–Kier alpha value is -0.0800. The molecule has 0 saturated heterocycles. The molecule has 1 saturated carbocycles. The smallest absolute Gasteiger partial charge is 0.0806 e. The van der Waals surface area contributed by atoms with E-state index in [2.05, 4.69) is 33.0 Å². The maximum atomic E-state index is 6.08. The molecule has 0 aromatic heterocycles. The molecule has 96 valence electrons. The summed E-state index contributed by atoms with van der Waals surface area (Å²) in [5.74, 6) is 0. The van der Waals surface area contributed by atoms with Crippen molar-refractivity contribution >= 4 is 0 Å². The number of hydrogen-bond donors (Lipinski definition) is 1. The fourth-order valence-corrected chi connectivity index (χ4v) is 2.48. The minimum atomic E-state index is 0.110. The van der Waals surface area contributed by atoms with E-state index in [1.54, 1.807) is 0 Å². The number of rotatable bonds is 4. The second-order valence-corrected chi connectivity index (χ2v) is 6.13. The molecule has 0 aliphatic heterocycles. The topological polar surface area (TPSA) is 21.3 Å². The zero-order chi connectivity index (χ0) is 12.1. The molecule has 0 radical (unpaired) electrons. The first kappa shape index (κ1) is 14.0. The van der Waals surface area contributed by atoms with Crippen LogP contribution in [0.15, 0.2) is 0 Å². The molecule has 1 fully saturated rings. The predicted molar refractivity (Wildman–Crippen MR) is 69.8 cm³/mol. The van der Waals surface area contributed by atoms with Crippen molar-refractivity contribution in [3.05, 3.63) is 0 Å². The third-order valence-electron chi connectivity index (χ3n) is 3.41. The van der Waals surface area contributed by atoms with Crippen molar-refractivity contribution in [1.29, 1.82) is 0 Å². The summed E-state index contributed by atoms with van der Waals surface area (Å²) < 4.78 is 6.08. The van der Waals surface area contributed by atoms with E-state index >= 15 is 0 Å². The fraction of sp³-hybridized carbons (Fsp3) is 1.00. The van der Waals surface area contributed by atoms with Crippen molar-refractivity contribution in [3.8, 4) is 0 Å². The van der Waals surface area contributed by atoms with Crippen LogP contribution in [0.3, 0.4) is 0 Å². The highest BCUT2D eigenvalue weighted by Crippen LogP contribution is 2.30. The zero-order valence-corrected chi connectivity index (χ0v) is 11.6.